The monoisotopic (exact) mass is 274 g/mol. The minimum Gasteiger partial charge on any atom is -0.423 e. The first-order valence-electron chi connectivity index (χ1n) is 3.83. The van der Waals surface area contributed by atoms with Gasteiger partial charge in [0.1, 0.15) is 5.82 Å². The molecule has 0 unspecified atom stereocenters. The highest BCUT2D eigenvalue weighted by atomic mass is 79.9. The van der Waals surface area contributed by atoms with Gasteiger partial charge in [-0.1, -0.05) is 15.9 Å². The maximum absolute atomic E-state index is 13.5. The van der Waals surface area contributed by atoms with Crippen LogP contribution >= 0.6 is 27.3 Å². The van der Waals surface area contributed by atoms with Gasteiger partial charge in [-0.05, 0) is 18.2 Å². The highest BCUT2D eigenvalue weighted by Crippen LogP contribution is 2.26. The predicted octanol–water partition coefficient (Wildman–Crippen LogP) is 1.48. The molecule has 0 fully saturated rings. The molecule has 72 valence electrons. The summed E-state index contributed by atoms with van der Waals surface area (Å²) in [4.78, 5) is 0. The van der Waals surface area contributed by atoms with Crippen molar-refractivity contribution in [1.82, 2.24) is 0 Å². The summed E-state index contributed by atoms with van der Waals surface area (Å²) in [7, 11) is -1.74. The van der Waals surface area contributed by atoms with Gasteiger partial charge in [-0.25, -0.2) is 4.39 Å². The zero-order valence-corrected chi connectivity index (χ0v) is 9.27. The van der Waals surface area contributed by atoms with Crippen molar-refractivity contribution >= 4 is 49.2 Å². The first kappa shape index (κ1) is 10.1. The first-order chi connectivity index (χ1) is 6.59. The first-order valence-corrected chi connectivity index (χ1v) is 5.44. The van der Waals surface area contributed by atoms with Gasteiger partial charge in [-0.15, -0.1) is 11.3 Å². The van der Waals surface area contributed by atoms with Crippen molar-refractivity contribution in [2.75, 3.05) is 0 Å². The second-order valence-electron chi connectivity index (χ2n) is 2.79. The lowest BCUT2D eigenvalue weighted by Gasteiger charge is -1.91. The van der Waals surface area contributed by atoms with Gasteiger partial charge in [-0.2, -0.15) is 0 Å². The number of halogens is 2. The zero-order chi connectivity index (χ0) is 10.3. The molecule has 0 atom stereocenters. The molecule has 0 radical (unpaired) electrons. The van der Waals surface area contributed by atoms with Crippen molar-refractivity contribution in [2.45, 2.75) is 0 Å². The van der Waals surface area contributed by atoms with E-state index in [4.69, 9.17) is 10.0 Å². The molecule has 0 aliphatic rings. The highest BCUT2D eigenvalue weighted by molar-refractivity contribution is 9.10. The van der Waals surface area contributed by atoms with E-state index in [9.17, 15) is 4.39 Å². The Morgan fingerprint density at radius 1 is 1.36 bits per heavy atom. The van der Waals surface area contributed by atoms with Gasteiger partial charge in [0.05, 0.1) is 4.78 Å². The summed E-state index contributed by atoms with van der Waals surface area (Å²) >= 11 is 4.30. The molecular weight excluding hydrogens is 270 g/mol. The fraction of sp³-hybridized carbons (Fsp3) is 0. The molecule has 0 saturated heterocycles. The van der Waals surface area contributed by atoms with Gasteiger partial charge in [0.15, 0.2) is 0 Å². The smallest absolute Gasteiger partial charge is 0.423 e. The summed E-state index contributed by atoms with van der Waals surface area (Å²) in [5.74, 6) is -0.549. The topological polar surface area (TPSA) is 40.5 Å². The molecule has 2 rings (SSSR count). The Kier molecular flexibility index (Phi) is 2.61. The number of hydrogen-bond donors (Lipinski definition) is 2. The van der Waals surface area contributed by atoms with E-state index in [1.807, 2.05) is 0 Å². The molecule has 1 aromatic heterocycles. The lowest BCUT2D eigenvalue weighted by molar-refractivity contribution is 0.424. The molecule has 1 aromatic carbocycles. The standard InChI is InChI=1S/C8H5BBrFO2S/c10-4-1-2-5-6(3-4)14-8(7(5)11)9(12)13/h1-3,12-13H. The van der Waals surface area contributed by atoms with Gasteiger partial charge in [0.2, 0.25) is 0 Å². The van der Waals surface area contributed by atoms with Crippen LogP contribution in [0.1, 0.15) is 0 Å². The highest BCUT2D eigenvalue weighted by Gasteiger charge is 2.21. The normalized spacial score (nSPS) is 10.9. The lowest BCUT2D eigenvalue weighted by Crippen LogP contribution is -2.29. The van der Waals surface area contributed by atoms with Crippen LogP contribution in [0.25, 0.3) is 10.1 Å². The van der Waals surface area contributed by atoms with Crippen molar-refractivity contribution in [1.29, 1.82) is 0 Å². The van der Waals surface area contributed by atoms with E-state index in [0.29, 0.717) is 10.1 Å². The fourth-order valence-corrected chi connectivity index (χ4v) is 2.73. The van der Waals surface area contributed by atoms with Crippen molar-refractivity contribution in [3.8, 4) is 0 Å². The van der Waals surface area contributed by atoms with Crippen LogP contribution in [0.2, 0.25) is 0 Å². The van der Waals surface area contributed by atoms with Crippen LogP contribution in [0.3, 0.4) is 0 Å². The van der Waals surface area contributed by atoms with Crippen molar-refractivity contribution in [2.24, 2.45) is 0 Å². The predicted molar refractivity (Wildman–Crippen MR) is 59.3 cm³/mol. The Morgan fingerprint density at radius 3 is 2.71 bits per heavy atom. The molecular formula is C8H5BBrFO2S. The van der Waals surface area contributed by atoms with Crippen LogP contribution in [0.5, 0.6) is 0 Å². The molecule has 14 heavy (non-hydrogen) atoms. The van der Waals surface area contributed by atoms with Gasteiger partial charge < -0.3 is 10.0 Å². The molecule has 0 aliphatic heterocycles. The van der Waals surface area contributed by atoms with Crippen molar-refractivity contribution in [3.05, 3.63) is 28.5 Å². The minimum absolute atomic E-state index is 0.0434. The van der Waals surface area contributed by atoms with E-state index in [2.05, 4.69) is 15.9 Å². The number of rotatable bonds is 1. The van der Waals surface area contributed by atoms with E-state index in [1.54, 1.807) is 18.2 Å². The molecule has 0 spiro atoms. The van der Waals surface area contributed by atoms with E-state index in [0.717, 1.165) is 15.8 Å². The van der Waals surface area contributed by atoms with E-state index < -0.39 is 12.9 Å². The SMILES string of the molecule is OB(O)c1sc2cc(Br)ccc2c1F. The summed E-state index contributed by atoms with van der Waals surface area (Å²) in [5, 5.41) is 18.2. The quantitative estimate of drug-likeness (QED) is 0.774. The van der Waals surface area contributed by atoms with Crippen molar-refractivity contribution < 1.29 is 14.4 Å². The minimum atomic E-state index is -1.74. The molecule has 2 N–H and O–H groups in total. The summed E-state index contributed by atoms with van der Waals surface area (Å²) in [6.45, 7) is 0. The van der Waals surface area contributed by atoms with Crippen LogP contribution in [0, 0.1) is 5.82 Å². The molecule has 0 bridgehead atoms. The van der Waals surface area contributed by atoms with Crippen LogP contribution < -0.4 is 4.78 Å². The third-order valence-electron chi connectivity index (χ3n) is 1.85. The van der Waals surface area contributed by atoms with Gasteiger partial charge in [0, 0.05) is 14.6 Å². The largest absolute Gasteiger partial charge is 0.502 e. The Labute approximate surface area is 92.3 Å². The number of hydrogen-bond acceptors (Lipinski definition) is 3. The van der Waals surface area contributed by atoms with E-state index in [-0.39, 0.29) is 4.78 Å². The third kappa shape index (κ3) is 1.59. The summed E-state index contributed by atoms with van der Waals surface area (Å²) in [6, 6.07) is 5.07. The second kappa shape index (κ2) is 3.62. The van der Waals surface area contributed by atoms with E-state index >= 15 is 0 Å². The summed E-state index contributed by atoms with van der Waals surface area (Å²) in [5.41, 5.74) is 0. The van der Waals surface area contributed by atoms with Crippen LogP contribution in [-0.4, -0.2) is 17.2 Å². The molecule has 2 nitrogen and oxygen atoms in total. The Morgan fingerprint density at radius 2 is 2.07 bits per heavy atom. The Hall–Kier alpha value is -0.425. The van der Waals surface area contributed by atoms with Crippen molar-refractivity contribution in [3.63, 3.8) is 0 Å². The van der Waals surface area contributed by atoms with E-state index in [1.165, 1.54) is 0 Å². The molecule has 0 amide bonds. The average molecular weight is 275 g/mol. The maximum Gasteiger partial charge on any atom is 0.502 e. The maximum atomic E-state index is 13.5. The van der Waals surface area contributed by atoms with Crippen LogP contribution in [0.4, 0.5) is 4.39 Å². The molecule has 1 heterocycles. The number of thiophene rings is 1. The van der Waals surface area contributed by atoms with Crippen LogP contribution in [-0.2, 0) is 0 Å². The van der Waals surface area contributed by atoms with Gasteiger partial charge in [-0.3, -0.25) is 0 Å². The Bertz CT molecular complexity index is 485. The Balaban J connectivity index is 2.73. The molecule has 2 aromatic rings. The lowest BCUT2D eigenvalue weighted by atomic mass is 9.89. The van der Waals surface area contributed by atoms with Gasteiger partial charge >= 0.3 is 7.12 Å². The third-order valence-corrected chi connectivity index (χ3v) is 3.51. The summed E-state index contributed by atoms with van der Waals surface area (Å²) < 4.78 is 15.0. The van der Waals surface area contributed by atoms with Crippen LogP contribution in [0.15, 0.2) is 22.7 Å². The second-order valence-corrected chi connectivity index (χ2v) is 4.79. The zero-order valence-electron chi connectivity index (χ0n) is 6.87. The molecule has 6 heteroatoms. The molecule has 0 aliphatic carbocycles. The summed E-state index contributed by atoms with van der Waals surface area (Å²) in [6.07, 6.45) is 0. The number of benzene rings is 1. The number of fused-ring (bicyclic) bond motifs is 1. The average Bonchev–Trinajstić information content (AvgIpc) is 2.43. The fourth-order valence-electron chi connectivity index (χ4n) is 1.22. The van der Waals surface area contributed by atoms with Gasteiger partial charge in [0.25, 0.3) is 0 Å². The molecule has 0 saturated carbocycles.